The first-order valence-electron chi connectivity index (χ1n) is 9.38. The van der Waals surface area contributed by atoms with Gasteiger partial charge in [-0.15, -0.1) is 0 Å². The van der Waals surface area contributed by atoms with Crippen molar-refractivity contribution in [1.29, 1.82) is 0 Å². The van der Waals surface area contributed by atoms with Gasteiger partial charge in [-0.05, 0) is 77.4 Å². The Kier molecular flexibility index (Phi) is 4.37. The maximum Gasteiger partial charge on any atom is 0.465 e. The summed E-state index contributed by atoms with van der Waals surface area (Å²) in [5.41, 5.74) is 0.0584. The highest BCUT2D eigenvalue weighted by molar-refractivity contribution is 7.95. The number of rotatable bonds is 4. The van der Waals surface area contributed by atoms with Crippen molar-refractivity contribution in [2.24, 2.45) is 5.41 Å². The summed E-state index contributed by atoms with van der Waals surface area (Å²) in [6.07, 6.45) is 9.45. The maximum absolute atomic E-state index is 6.18. The Bertz CT molecular complexity index is 502. The quantitative estimate of drug-likeness (QED) is 0.476. The Morgan fingerprint density at radius 1 is 1.12 bits per heavy atom. The Morgan fingerprint density at radius 2 is 1.88 bits per heavy atom. The van der Waals surface area contributed by atoms with Crippen LogP contribution >= 0.6 is 12.0 Å². The lowest BCUT2D eigenvalue weighted by atomic mass is 9.67. The average Bonchev–Trinajstić information content (AvgIpc) is 2.86. The van der Waals surface area contributed by atoms with Gasteiger partial charge in [0.1, 0.15) is 0 Å². The molecule has 2 saturated heterocycles. The zero-order valence-corrected chi connectivity index (χ0v) is 16.2. The van der Waals surface area contributed by atoms with E-state index in [1.54, 1.807) is 12.0 Å². The number of hydrogen-bond acceptors (Lipinski definition) is 5. The molecule has 0 aromatic rings. The first kappa shape index (κ1) is 17.4. The summed E-state index contributed by atoms with van der Waals surface area (Å²) in [7, 11) is -0.129. The van der Waals surface area contributed by atoms with Gasteiger partial charge in [-0.1, -0.05) is 12.2 Å². The normalized spacial score (nSPS) is 42.8. The molecule has 4 atom stereocenters. The van der Waals surface area contributed by atoms with Crippen LogP contribution in [0.25, 0.3) is 0 Å². The van der Waals surface area contributed by atoms with Crippen molar-refractivity contribution in [1.82, 2.24) is 5.32 Å². The molecule has 3 unspecified atom stereocenters. The smallest absolute Gasteiger partial charge is 0.403 e. The molecule has 0 bridgehead atoms. The van der Waals surface area contributed by atoms with Gasteiger partial charge in [-0.3, -0.25) is 0 Å². The first-order chi connectivity index (χ1) is 11.3. The zero-order valence-electron chi connectivity index (χ0n) is 15.3. The SMILES string of the molecule is CC1(C)OB(C2C=CC(OSC3C[C@]34CCNC4)CC2)OC1(C)C. The number of allylic oxidation sites excluding steroid dienone is 1. The minimum absolute atomic E-state index is 0.129. The van der Waals surface area contributed by atoms with Gasteiger partial charge in [0.05, 0.1) is 17.3 Å². The summed E-state index contributed by atoms with van der Waals surface area (Å²) in [6.45, 7) is 10.8. The van der Waals surface area contributed by atoms with Crippen molar-refractivity contribution in [3.8, 4) is 0 Å². The molecule has 0 aromatic carbocycles. The molecule has 134 valence electrons. The van der Waals surface area contributed by atoms with Crippen molar-refractivity contribution in [2.45, 2.75) is 81.8 Å². The molecule has 0 amide bonds. The largest absolute Gasteiger partial charge is 0.465 e. The first-order valence-corrected chi connectivity index (χ1v) is 10.2. The molecule has 4 nitrogen and oxygen atoms in total. The molecule has 1 spiro atoms. The molecule has 0 aromatic heterocycles. The lowest BCUT2D eigenvalue weighted by molar-refractivity contribution is 0.00578. The summed E-state index contributed by atoms with van der Waals surface area (Å²) < 4.78 is 18.5. The highest BCUT2D eigenvalue weighted by atomic mass is 32.2. The summed E-state index contributed by atoms with van der Waals surface area (Å²) in [4.78, 5) is 0. The highest BCUT2D eigenvalue weighted by Gasteiger charge is 2.57. The average molecular weight is 351 g/mol. The maximum atomic E-state index is 6.18. The van der Waals surface area contributed by atoms with E-state index in [4.69, 9.17) is 13.5 Å². The van der Waals surface area contributed by atoms with Gasteiger partial charge in [0, 0.05) is 17.6 Å². The van der Waals surface area contributed by atoms with Crippen LogP contribution in [-0.4, -0.2) is 42.8 Å². The van der Waals surface area contributed by atoms with Crippen LogP contribution in [0, 0.1) is 5.41 Å². The highest BCUT2D eigenvalue weighted by Crippen LogP contribution is 2.58. The number of nitrogens with one attached hydrogen (secondary N) is 1. The molecule has 2 aliphatic carbocycles. The van der Waals surface area contributed by atoms with Crippen LogP contribution < -0.4 is 5.32 Å². The minimum atomic E-state index is -0.246. The van der Waals surface area contributed by atoms with Crippen LogP contribution in [0.5, 0.6) is 0 Å². The van der Waals surface area contributed by atoms with E-state index in [0.29, 0.717) is 16.5 Å². The summed E-state index contributed by atoms with van der Waals surface area (Å²) >= 11 is 1.72. The molecular formula is C18H30BNO3S. The summed E-state index contributed by atoms with van der Waals surface area (Å²) in [6, 6.07) is 0. The second-order valence-corrected chi connectivity index (χ2v) is 9.92. The van der Waals surface area contributed by atoms with Gasteiger partial charge in [0.2, 0.25) is 0 Å². The zero-order chi connectivity index (χ0) is 17.0. The lowest BCUT2D eigenvalue weighted by Gasteiger charge is -2.32. The molecule has 24 heavy (non-hydrogen) atoms. The molecule has 2 aliphatic heterocycles. The third-order valence-electron chi connectivity index (χ3n) is 6.67. The predicted octanol–water partition coefficient (Wildman–Crippen LogP) is 3.58. The van der Waals surface area contributed by atoms with Crippen LogP contribution in [0.2, 0.25) is 5.82 Å². The summed E-state index contributed by atoms with van der Waals surface area (Å²) in [5.74, 6) is 0.335. The fourth-order valence-corrected chi connectivity index (χ4v) is 5.23. The molecular weight excluding hydrogens is 321 g/mol. The predicted molar refractivity (Wildman–Crippen MR) is 99.0 cm³/mol. The van der Waals surface area contributed by atoms with E-state index in [0.717, 1.165) is 12.8 Å². The third kappa shape index (κ3) is 3.09. The van der Waals surface area contributed by atoms with E-state index < -0.39 is 0 Å². The molecule has 4 aliphatic rings. The molecule has 0 radical (unpaired) electrons. The Balaban J connectivity index is 1.26. The molecule has 1 N–H and O–H groups in total. The van der Waals surface area contributed by atoms with Gasteiger partial charge in [0.25, 0.3) is 0 Å². The minimum Gasteiger partial charge on any atom is -0.403 e. The van der Waals surface area contributed by atoms with Crippen molar-refractivity contribution < 1.29 is 13.5 Å². The Morgan fingerprint density at radius 3 is 2.46 bits per heavy atom. The second-order valence-electron chi connectivity index (χ2n) is 8.96. The standard InChI is InChI=1S/C18H30BNO3S/c1-16(2)17(3,4)23-19(22-16)13-5-7-14(8-6-13)21-24-15-11-18(15)9-10-20-12-18/h5,7,13-15,20H,6,8-12H2,1-4H3/t13?,14?,15?,18-/m0/s1. The van der Waals surface area contributed by atoms with Crippen molar-refractivity contribution in [3.63, 3.8) is 0 Å². The topological polar surface area (TPSA) is 39.7 Å². The molecule has 4 rings (SSSR count). The Labute approximate surface area is 150 Å². The monoisotopic (exact) mass is 351 g/mol. The van der Waals surface area contributed by atoms with Gasteiger partial charge in [-0.25, -0.2) is 0 Å². The van der Waals surface area contributed by atoms with Crippen LogP contribution in [0.3, 0.4) is 0 Å². The van der Waals surface area contributed by atoms with Crippen molar-refractivity contribution in [3.05, 3.63) is 12.2 Å². The van der Waals surface area contributed by atoms with Gasteiger partial charge < -0.3 is 18.8 Å². The van der Waals surface area contributed by atoms with E-state index >= 15 is 0 Å². The lowest BCUT2D eigenvalue weighted by Crippen LogP contribution is -2.41. The fourth-order valence-electron chi connectivity index (χ4n) is 3.98. The van der Waals surface area contributed by atoms with E-state index in [1.165, 1.54) is 25.9 Å². The van der Waals surface area contributed by atoms with Crippen molar-refractivity contribution >= 4 is 19.2 Å². The molecule has 2 heterocycles. The van der Waals surface area contributed by atoms with Crippen LogP contribution in [-0.2, 0) is 13.5 Å². The van der Waals surface area contributed by atoms with E-state index in [9.17, 15) is 0 Å². The van der Waals surface area contributed by atoms with E-state index in [1.807, 2.05) is 0 Å². The van der Waals surface area contributed by atoms with Crippen LogP contribution in [0.4, 0.5) is 0 Å². The molecule has 1 saturated carbocycles. The van der Waals surface area contributed by atoms with Gasteiger partial charge in [0.15, 0.2) is 0 Å². The molecule has 6 heteroatoms. The van der Waals surface area contributed by atoms with E-state index in [-0.39, 0.29) is 24.4 Å². The molecule has 3 fully saturated rings. The third-order valence-corrected chi connectivity index (χ3v) is 7.92. The fraction of sp³-hybridized carbons (Fsp3) is 0.889. The Hall–Kier alpha value is -0.00506. The van der Waals surface area contributed by atoms with Gasteiger partial charge in [-0.2, -0.15) is 0 Å². The summed E-state index contributed by atoms with van der Waals surface area (Å²) in [5, 5.41) is 4.18. The van der Waals surface area contributed by atoms with Crippen LogP contribution in [0.15, 0.2) is 12.2 Å². The van der Waals surface area contributed by atoms with Gasteiger partial charge >= 0.3 is 7.12 Å². The van der Waals surface area contributed by atoms with Crippen molar-refractivity contribution in [2.75, 3.05) is 13.1 Å². The van der Waals surface area contributed by atoms with E-state index in [2.05, 4.69) is 45.2 Å². The number of hydrogen-bond donors (Lipinski definition) is 1. The van der Waals surface area contributed by atoms with Crippen LogP contribution in [0.1, 0.15) is 53.4 Å². The second kappa shape index (κ2) is 6.02.